The van der Waals surface area contributed by atoms with E-state index in [9.17, 15) is 9.59 Å². The number of carbonyl (C=O) groups is 2. The van der Waals surface area contributed by atoms with Gasteiger partial charge in [-0.1, -0.05) is 75.7 Å². The molecule has 2 heterocycles. The summed E-state index contributed by atoms with van der Waals surface area (Å²) in [7, 11) is 0. The fourth-order valence-electron chi connectivity index (χ4n) is 6.53. The lowest BCUT2D eigenvalue weighted by Gasteiger charge is -2.41. The highest BCUT2D eigenvalue weighted by Crippen LogP contribution is 2.37. The number of rotatable bonds is 16. The van der Waals surface area contributed by atoms with Crippen molar-refractivity contribution in [1.29, 1.82) is 0 Å². The van der Waals surface area contributed by atoms with Crippen LogP contribution in [0, 0.1) is 5.92 Å². The Bertz CT molecular complexity index is 1720. The molecule has 0 saturated carbocycles. The van der Waals surface area contributed by atoms with Gasteiger partial charge in [0.25, 0.3) is 11.8 Å². The van der Waals surface area contributed by atoms with Crippen molar-refractivity contribution >= 4 is 41.5 Å². The van der Waals surface area contributed by atoms with Crippen LogP contribution in [0.5, 0.6) is 5.75 Å². The molecule has 9 heteroatoms. The van der Waals surface area contributed by atoms with Gasteiger partial charge in [0.05, 0.1) is 41.5 Å². The Kier molecular flexibility index (Phi) is 11.8. The molecular weight excluding hydrogens is 631 g/mol. The van der Waals surface area contributed by atoms with Crippen molar-refractivity contribution < 1.29 is 14.3 Å². The van der Waals surface area contributed by atoms with E-state index in [1.54, 1.807) is 18.3 Å². The van der Waals surface area contributed by atoms with E-state index in [0.29, 0.717) is 30.1 Å². The summed E-state index contributed by atoms with van der Waals surface area (Å²) in [6, 6.07) is 22.5. The number of anilines is 1. The molecule has 0 aliphatic carbocycles. The Morgan fingerprint density at radius 3 is 2.39 bits per heavy atom. The first-order valence-corrected chi connectivity index (χ1v) is 18.1. The molecule has 3 aromatic rings. The fraction of sp³-hybridized carbons (Fsp3) is 0.350. The normalized spacial score (nSPS) is 16.0. The average molecular weight is 678 g/mol. The van der Waals surface area contributed by atoms with E-state index in [4.69, 9.17) is 10.5 Å². The number of benzene rings is 3. The summed E-state index contributed by atoms with van der Waals surface area (Å²) < 4.78 is 10.7. The zero-order chi connectivity index (χ0) is 35.0. The maximum atomic E-state index is 13.4. The van der Waals surface area contributed by atoms with Crippen molar-refractivity contribution in [1.82, 2.24) is 4.90 Å². The van der Waals surface area contributed by atoms with Crippen molar-refractivity contribution in [3.05, 3.63) is 119 Å². The van der Waals surface area contributed by atoms with E-state index in [1.165, 1.54) is 39.9 Å². The van der Waals surface area contributed by atoms with Crippen LogP contribution in [0.15, 0.2) is 101 Å². The van der Waals surface area contributed by atoms with Crippen LogP contribution in [0.1, 0.15) is 77.4 Å². The number of nitrogens with two attached hydrogens (primary N) is 1. The first kappa shape index (κ1) is 35.7. The number of carbonyl (C=O) groups excluding carboxylic acids is 2. The number of fused-ring (bicyclic) bond motifs is 1. The fourth-order valence-corrected chi connectivity index (χ4v) is 6.92. The summed E-state index contributed by atoms with van der Waals surface area (Å²) >= 11 is 1.44. The Labute approximate surface area is 295 Å². The van der Waals surface area contributed by atoms with Gasteiger partial charge in [-0.2, -0.15) is 0 Å². The third kappa shape index (κ3) is 7.99. The quantitative estimate of drug-likeness (QED) is 0.0550. The second kappa shape index (κ2) is 16.2. The summed E-state index contributed by atoms with van der Waals surface area (Å²) in [6.45, 7) is 12.5. The van der Waals surface area contributed by atoms with Crippen molar-refractivity contribution in [3.63, 3.8) is 0 Å². The third-order valence-electron chi connectivity index (χ3n) is 9.47. The van der Waals surface area contributed by atoms with Crippen molar-refractivity contribution in [2.75, 3.05) is 30.9 Å². The van der Waals surface area contributed by atoms with Crippen LogP contribution in [-0.4, -0.2) is 60.8 Å². The van der Waals surface area contributed by atoms with Crippen molar-refractivity contribution in [3.8, 4) is 5.75 Å². The molecule has 1 fully saturated rings. The molecule has 1 unspecified atom stereocenters. The summed E-state index contributed by atoms with van der Waals surface area (Å²) in [5.41, 5.74) is 11.7. The summed E-state index contributed by atoms with van der Waals surface area (Å²) in [6.07, 6.45) is 11.8. The standard InChI is InChI=1S/C40H47N5O3S/c1-6-9-33(7-2)45-38(46)35-10-8-11-36(37(35)39(45)47)44-24-29(25-44)26-48-34-20-17-31(18-21-34)40(3,4)30-15-12-28(13-16-30)14-19-32(43-49-5)22-23-42-27-41/h7-8,10-13,15-18,20-23,27,29,33H,2,6,9,14,19,24-26H2,1,3-5H3,(H2,41,42)/b23-22-,43-32?. The summed E-state index contributed by atoms with van der Waals surface area (Å²) in [4.78, 5) is 34.1. The number of ether oxygens (including phenoxy) is 1. The number of amides is 2. The first-order chi connectivity index (χ1) is 23.7. The molecule has 256 valence electrons. The SMILES string of the molecule is C=CC(CCC)N1C(=O)c2cccc(N3CC(COc4ccc(C(C)(C)c5ccc(CCC(/C=C\N=CN)=NSC)cc5)cc4)C3)c2C1=O. The molecule has 0 radical (unpaired) electrons. The molecule has 2 N–H and O–H groups in total. The highest BCUT2D eigenvalue weighted by molar-refractivity contribution is 7.97. The van der Waals surface area contributed by atoms with E-state index in [1.807, 2.05) is 43.5 Å². The van der Waals surface area contributed by atoms with Gasteiger partial charge >= 0.3 is 0 Å². The van der Waals surface area contributed by atoms with Crippen LogP contribution in [0.3, 0.4) is 0 Å². The van der Waals surface area contributed by atoms with Gasteiger partial charge in [-0.15, -0.1) is 6.58 Å². The predicted molar refractivity (Wildman–Crippen MR) is 203 cm³/mol. The molecule has 2 aliphatic heterocycles. The zero-order valence-corrected chi connectivity index (χ0v) is 29.8. The topological polar surface area (TPSA) is 101 Å². The molecule has 1 atom stereocenters. The molecule has 0 spiro atoms. The number of hydrogen-bond donors (Lipinski definition) is 1. The van der Waals surface area contributed by atoms with Gasteiger partial charge < -0.3 is 15.4 Å². The largest absolute Gasteiger partial charge is 0.493 e. The number of hydrogen-bond acceptors (Lipinski definition) is 7. The number of imide groups is 1. The Balaban J connectivity index is 1.14. The number of aliphatic imine (C=N–C) groups is 1. The molecule has 0 aromatic heterocycles. The predicted octanol–water partition coefficient (Wildman–Crippen LogP) is 7.63. The second-order valence-electron chi connectivity index (χ2n) is 13.1. The second-order valence-corrected chi connectivity index (χ2v) is 13.6. The number of allylic oxidation sites excluding steroid dienone is 1. The molecule has 5 rings (SSSR count). The molecule has 49 heavy (non-hydrogen) atoms. The minimum atomic E-state index is -0.291. The van der Waals surface area contributed by atoms with Gasteiger partial charge in [-0.3, -0.25) is 14.5 Å². The van der Waals surface area contributed by atoms with Gasteiger partial charge in [0, 0.05) is 36.9 Å². The highest BCUT2D eigenvalue weighted by atomic mass is 32.2. The minimum absolute atomic E-state index is 0.174. The van der Waals surface area contributed by atoms with Gasteiger partial charge in [0.2, 0.25) is 0 Å². The van der Waals surface area contributed by atoms with E-state index in [2.05, 4.69) is 71.1 Å². The van der Waals surface area contributed by atoms with Crippen molar-refractivity contribution in [2.45, 2.75) is 57.9 Å². The van der Waals surface area contributed by atoms with Gasteiger partial charge in [-0.05, 0) is 78.2 Å². The molecular formula is C40H47N5O3S. The lowest BCUT2D eigenvalue weighted by molar-refractivity contribution is 0.0609. The van der Waals surface area contributed by atoms with Crippen LogP contribution >= 0.6 is 11.9 Å². The molecule has 8 nitrogen and oxygen atoms in total. The molecule has 2 aliphatic rings. The van der Waals surface area contributed by atoms with E-state index >= 15 is 0 Å². The Morgan fingerprint density at radius 2 is 1.76 bits per heavy atom. The maximum absolute atomic E-state index is 13.4. The van der Waals surface area contributed by atoms with Gasteiger partial charge in [0.1, 0.15) is 5.75 Å². The van der Waals surface area contributed by atoms with Crippen LogP contribution in [0.2, 0.25) is 0 Å². The number of nitrogens with zero attached hydrogens (tertiary/aromatic N) is 4. The lowest BCUT2D eigenvalue weighted by Crippen LogP contribution is -2.50. The zero-order valence-electron chi connectivity index (χ0n) is 29.0. The Morgan fingerprint density at radius 1 is 1.06 bits per heavy atom. The smallest absolute Gasteiger partial charge is 0.264 e. The van der Waals surface area contributed by atoms with Crippen LogP contribution in [0.4, 0.5) is 5.69 Å². The molecule has 2 amide bonds. The van der Waals surface area contributed by atoms with E-state index in [0.717, 1.165) is 49.5 Å². The van der Waals surface area contributed by atoms with E-state index < -0.39 is 0 Å². The maximum Gasteiger partial charge on any atom is 0.264 e. The molecule has 1 saturated heterocycles. The highest BCUT2D eigenvalue weighted by Gasteiger charge is 2.42. The minimum Gasteiger partial charge on any atom is -0.493 e. The third-order valence-corrected chi connectivity index (χ3v) is 9.88. The van der Waals surface area contributed by atoms with Gasteiger partial charge in [0.15, 0.2) is 0 Å². The summed E-state index contributed by atoms with van der Waals surface area (Å²) in [5, 5.41) is 0. The lowest BCUT2D eigenvalue weighted by atomic mass is 9.78. The monoisotopic (exact) mass is 677 g/mol. The molecule has 0 bridgehead atoms. The first-order valence-electron chi connectivity index (χ1n) is 16.9. The van der Waals surface area contributed by atoms with Crippen molar-refractivity contribution in [2.24, 2.45) is 21.0 Å². The number of aryl methyl sites for hydroxylation is 1. The van der Waals surface area contributed by atoms with Crippen LogP contribution < -0.4 is 15.4 Å². The molecule has 3 aromatic carbocycles. The van der Waals surface area contributed by atoms with Gasteiger partial charge in [-0.25, -0.2) is 9.39 Å². The average Bonchev–Trinajstić information content (AvgIpc) is 3.35. The van der Waals surface area contributed by atoms with Crippen LogP contribution in [0.25, 0.3) is 0 Å². The summed E-state index contributed by atoms with van der Waals surface area (Å²) in [5.74, 6) is 0.717. The van der Waals surface area contributed by atoms with Crippen LogP contribution in [-0.2, 0) is 11.8 Å². The van der Waals surface area contributed by atoms with E-state index in [-0.39, 0.29) is 23.3 Å². The Hall–Kier alpha value is -4.63.